The minimum absolute atomic E-state index is 0.268. The normalized spacial score (nSPS) is 14.1. The third kappa shape index (κ3) is 4.35. The Kier molecular flexibility index (Phi) is 5.95. The fraction of sp³-hybridized carbons (Fsp3) is 0.207. The summed E-state index contributed by atoms with van der Waals surface area (Å²) in [4.78, 5) is 26.1. The molecule has 176 valence electrons. The average molecular weight is 466 g/mol. The second-order valence-electron chi connectivity index (χ2n) is 9.01. The van der Waals surface area contributed by atoms with Gasteiger partial charge in [0.15, 0.2) is 5.76 Å². The van der Waals surface area contributed by atoms with E-state index in [0.717, 1.165) is 63.0 Å². The van der Waals surface area contributed by atoms with E-state index < -0.39 is 0 Å². The molecule has 2 amide bonds. The summed E-state index contributed by atoms with van der Waals surface area (Å²) in [6, 6.07) is 19.3. The Balaban J connectivity index is 1.41. The van der Waals surface area contributed by atoms with Crippen molar-refractivity contribution >= 4 is 34.0 Å². The molecular weight excluding hydrogens is 438 g/mol. The van der Waals surface area contributed by atoms with Crippen molar-refractivity contribution in [3.05, 3.63) is 100 Å². The van der Waals surface area contributed by atoms with Gasteiger partial charge >= 0.3 is 0 Å². The Hall–Kier alpha value is -4.19. The number of aryl methyl sites for hydroxylation is 3. The SMILES string of the molecule is Cc1ccc(C)c(NC(=O)c2oc3c(c2C)/C(=N/NC(=O)c2cccc4ccccc24)CCC3)c1. The number of hydrogen-bond acceptors (Lipinski definition) is 4. The van der Waals surface area contributed by atoms with Gasteiger partial charge in [0.2, 0.25) is 0 Å². The van der Waals surface area contributed by atoms with E-state index in [4.69, 9.17) is 4.42 Å². The van der Waals surface area contributed by atoms with Gasteiger partial charge in [0.05, 0.1) is 5.71 Å². The fourth-order valence-corrected chi connectivity index (χ4v) is 4.65. The molecule has 2 N–H and O–H groups in total. The minimum Gasteiger partial charge on any atom is -0.455 e. The van der Waals surface area contributed by atoms with Gasteiger partial charge in [-0.1, -0.05) is 48.5 Å². The number of anilines is 1. The Morgan fingerprint density at radius 2 is 1.71 bits per heavy atom. The standard InChI is InChI=1S/C29H27N3O3/c1-17-14-15-18(2)24(16-17)30-29(34)27-19(3)26-23(12-7-13-25(26)35-27)31-32-28(33)22-11-6-9-20-8-4-5-10-21(20)22/h4-6,8-11,14-16H,7,12-13H2,1-3H3,(H,30,34)(H,32,33)/b31-23+. The molecule has 6 nitrogen and oxygen atoms in total. The number of rotatable bonds is 4. The van der Waals surface area contributed by atoms with E-state index in [2.05, 4.69) is 15.8 Å². The van der Waals surface area contributed by atoms with Crippen molar-refractivity contribution in [2.24, 2.45) is 5.10 Å². The molecule has 4 aromatic rings. The van der Waals surface area contributed by atoms with Gasteiger partial charge in [-0.05, 0) is 67.6 Å². The maximum absolute atomic E-state index is 13.1. The smallest absolute Gasteiger partial charge is 0.291 e. The zero-order valence-corrected chi connectivity index (χ0v) is 20.1. The minimum atomic E-state index is -0.287. The van der Waals surface area contributed by atoms with Gasteiger partial charge in [-0.25, -0.2) is 5.43 Å². The highest BCUT2D eigenvalue weighted by Crippen LogP contribution is 2.31. The second-order valence-corrected chi connectivity index (χ2v) is 9.01. The van der Waals surface area contributed by atoms with Gasteiger partial charge in [-0.2, -0.15) is 5.10 Å². The monoisotopic (exact) mass is 465 g/mol. The highest BCUT2D eigenvalue weighted by molar-refractivity contribution is 6.11. The van der Waals surface area contributed by atoms with Crippen LogP contribution in [0.3, 0.4) is 0 Å². The van der Waals surface area contributed by atoms with Gasteiger partial charge in [-0.15, -0.1) is 0 Å². The molecule has 0 unspecified atom stereocenters. The van der Waals surface area contributed by atoms with Crippen LogP contribution in [0.4, 0.5) is 5.69 Å². The molecule has 0 fully saturated rings. The molecule has 0 aliphatic heterocycles. The molecule has 0 saturated carbocycles. The van der Waals surface area contributed by atoms with Crippen molar-refractivity contribution in [3.8, 4) is 0 Å². The molecule has 0 bridgehead atoms. The third-order valence-corrected chi connectivity index (χ3v) is 6.50. The van der Waals surface area contributed by atoms with Gasteiger partial charge in [0.25, 0.3) is 11.8 Å². The van der Waals surface area contributed by atoms with E-state index >= 15 is 0 Å². The summed E-state index contributed by atoms with van der Waals surface area (Å²) in [5.41, 5.74) is 8.40. The fourth-order valence-electron chi connectivity index (χ4n) is 4.65. The van der Waals surface area contributed by atoms with Crippen LogP contribution in [-0.4, -0.2) is 17.5 Å². The van der Waals surface area contributed by atoms with Crippen LogP contribution in [0.1, 0.15) is 61.8 Å². The maximum Gasteiger partial charge on any atom is 0.291 e. The number of furan rings is 1. The van der Waals surface area contributed by atoms with Crippen molar-refractivity contribution in [2.45, 2.75) is 40.0 Å². The zero-order chi connectivity index (χ0) is 24.5. The predicted octanol–water partition coefficient (Wildman–Crippen LogP) is 6.08. The molecule has 0 saturated heterocycles. The first kappa shape index (κ1) is 22.6. The lowest BCUT2D eigenvalue weighted by Crippen LogP contribution is -2.22. The topological polar surface area (TPSA) is 83.7 Å². The highest BCUT2D eigenvalue weighted by Gasteiger charge is 2.28. The van der Waals surface area contributed by atoms with Crippen LogP contribution in [0.25, 0.3) is 10.8 Å². The number of amides is 2. The van der Waals surface area contributed by atoms with E-state index in [-0.39, 0.29) is 17.6 Å². The van der Waals surface area contributed by atoms with Crippen LogP contribution < -0.4 is 10.7 Å². The van der Waals surface area contributed by atoms with E-state index in [1.54, 1.807) is 6.07 Å². The number of hydrogen-bond donors (Lipinski definition) is 2. The first-order valence-electron chi connectivity index (χ1n) is 11.8. The highest BCUT2D eigenvalue weighted by atomic mass is 16.4. The van der Waals surface area contributed by atoms with Crippen LogP contribution in [-0.2, 0) is 6.42 Å². The zero-order valence-electron chi connectivity index (χ0n) is 20.1. The number of nitrogens with one attached hydrogen (secondary N) is 2. The number of carbonyl (C=O) groups excluding carboxylic acids is 2. The Morgan fingerprint density at radius 1 is 0.914 bits per heavy atom. The van der Waals surface area contributed by atoms with E-state index in [1.165, 1.54) is 0 Å². The number of nitrogens with zero attached hydrogens (tertiary/aromatic N) is 1. The predicted molar refractivity (Wildman–Crippen MR) is 138 cm³/mol. The van der Waals surface area contributed by atoms with Crippen LogP contribution in [0.15, 0.2) is 70.2 Å². The summed E-state index contributed by atoms with van der Waals surface area (Å²) in [5, 5.41) is 9.33. The molecule has 0 radical (unpaired) electrons. The Morgan fingerprint density at radius 3 is 2.57 bits per heavy atom. The second kappa shape index (κ2) is 9.22. The summed E-state index contributed by atoms with van der Waals surface area (Å²) in [7, 11) is 0. The van der Waals surface area contributed by atoms with Crippen LogP contribution in [0.5, 0.6) is 0 Å². The van der Waals surface area contributed by atoms with Crippen LogP contribution >= 0.6 is 0 Å². The summed E-state index contributed by atoms with van der Waals surface area (Å²) >= 11 is 0. The number of carbonyl (C=O) groups is 2. The molecule has 0 spiro atoms. The first-order valence-corrected chi connectivity index (χ1v) is 11.8. The molecule has 1 aliphatic carbocycles. The van der Waals surface area contributed by atoms with Gasteiger partial charge in [0.1, 0.15) is 5.76 Å². The van der Waals surface area contributed by atoms with Crippen molar-refractivity contribution in [1.82, 2.24) is 5.43 Å². The molecule has 5 rings (SSSR count). The Labute approximate surface area is 204 Å². The molecule has 3 aromatic carbocycles. The number of hydrazone groups is 1. The van der Waals surface area contributed by atoms with E-state index in [9.17, 15) is 9.59 Å². The molecule has 0 atom stereocenters. The number of benzene rings is 3. The number of fused-ring (bicyclic) bond motifs is 2. The molecule has 1 aromatic heterocycles. The maximum atomic E-state index is 13.1. The Bertz CT molecular complexity index is 1490. The first-order chi connectivity index (χ1) is 16.9. The molecule has 1 heterocycles. The lowest BCUT2D eigenvalue weighted by molar-refractivity contribution is 0.0955. The van der Waals surface area contributed by atoms with E-state index in [1.807, 2.05) is 75.4 Å². The molecule has 6 heteroatoms. The summed E-state index contributed by atoms with van der Waals surface area (Å²) in [6.07, 6.45) is 2.26. The molecule has 35 heavy (non-hydrogen) atoms. The van der Waals surface area contributed by atoms with Gasteiger partial charge < -0.3 is 9.73 Å². The molecular formula is C29H27N3O3. The lowest BCUT2D eigenvalue weighted by atomic mass is 9.93. The van der Waals surface area contributed by atoms with E-state index in [0.29, 0.717) is 12.0 Å². The van der Waals surface area contributed by atoms with Crippen molar-refractivity contribution < 1.29 is 14.0 Å². The van der Waals surface area contributed by atoms with Gasteiger partial charge in [-0.3, -0.25) is 9.59 Å². The summed E-state index contributed by atoms with van der Waals surface area (Å²) in [6.45, 7) is 5.81. The van der Waals surface area contributed by atoms with Crippen LogP contribution in [0, 0.1) is 20.8 Å². The third-order valence-electron chi connectivity index (χ3n) is 6.50. The largest absolute Gasteiger partial charge is 0.455 e. The van der Waals surface area contributed by atoms with Crippen molar-refractivity contribution in [1.29, 1.82) is 0 Å². The summed E-state index contributed by atoms with van der Waals surface area (Å²) < 4.78 is 6.01. The van der Waals surface area contributed by atoms with Gasteiger partial charge in [0, 0.05) is 28.8 Å². The average Bonchev–Trinajstić information content (AvgIpc) is 3.21. The lowest BCUT2D eigenvalue weighted by Gasteiger charge is -2.13. The quantitative estimate of drug-likeness (QED) is 0.358. The molecule has 1 aliphatic rings. The van der Waals surface area contributed by atoms with Crippen LogP contribution in [0.2, 0.25) is 0 Å². The van der Waals surface area contributed by atoms with Crippen molar-refractivity contribution in [2.75, 3.05) is 5.32 Å². The van der Waals surface area contributed by atoms with Crippen molar-refractivity contribution in [3.63, 3.8) is 0 Å². The summed E-state index contributed by atoms with van der Waals surface area (Å²) in [5.74, 6) is 0.462.